The lowest BCUT2D eigenvalue weighted by atomic mass is 10.1. The maximum Gasteiger partial charge on any atom is 0.414 e. The first-order chi connectivity index (χ1) is 12.1. The molecule has 2 N–H and O–H groups in total. The zero-order chi connectivity index (χ0) is 18.1. The lowest BCUT2D eigenvalue weighted by Gasteiger charge is -2.25. The molecule has 0 saturated carbocycles. The highest BCUT2D eigenvalue weighted by molar-refractivity contribution is 6.27. The van der Waals surface area contributed by atoms with E-state index >= 15 is 0 Å². The van der Waals surface area contributed by atoms with Crippen molar-refractivity contribution in [3.8, 4) is 11.3 Å². The topological polar surface area (TPSA) is 109 Å². The van der Waals surface area contributed by atoms with Crippen LogP contribution in [0.4, 0.5) is 0 Å². The number of carboxylic acid groups (broad SMARTS) is 2. The Morgan fingerprint density at radius 2 is 1.60 bits per heavy atom. The van der Waals surface area contributed by atoms with Crippen LogP contribution < -0.4 is 0 Å². The third-order valence-corrected chi connectivity index (χ3v) is 3.85. The molecule has 134 valence electrons. The van der Waals surface area contributed by atoms with Gasteiger partial charge >= 0.3 is 11.9 Å². The molecule has 2 aromatic rings. The Labute approximate surface area is 145 Å². The molecule has 0 aliphatic carbocycles. The van der Waals surface area contributed by atoms with E-state index in [2.05, 4.69) is 27.2 Å². The maximum absolute atomic E-state index is 9.10. The van der Waals surface area contributed by atoms with Crippen LogP contribution in [0.15, 0.2) is 36.5 Å². The summed E-state index contributed by atoms with van der Waals surface area (Å²) in [6, 6.07) is 10.2. The highest BCUT2D eigenvalue weighted by Gasteiger charge is 2.10. The van der Waals surface area contributed by atoms with Crippen LogP contribution in [0.2, 0.25) is 0 Å². The fourth-order valence-electron chi connectivity index (χ4n) is 2.56. The van der Waals surface area contributed by atoms with Crippen molar-refractivity contribution in [2.24, 2.45) is 0 Å². The number of hydrogen-bond acceptors (Lipinski definition) is 5. The molecule has 1 saturated heterocycles. The molecule has 0 bridgehead atoms. The Morgan fingerprint density at radius 1 is 0.960 bits per heavy atom. The van der Waals surface area contributed by atoms with Gasteiger partial charge in [-0.05, 0) is 25.9 Å². The molecule has 1 fully saturated rings. The largest absolute Gasteiger partial charge is 0.473 e. The Balaban J connectivity index is 0.000000326. The second kappa shape index (κ2) is 9.53. The van der Waals surface area contributed by atoms with Crippen molar-refractivity contribution in [1.29, 1.82) is 0 Å². The molecule has 1 aliphatic heterocycles. The molecule has 0 unspecified atom stereocenters. The van der Waals surface area contributed by atoms with Gasteiger partial charge < -0.3 is 15.1 Å². The van der Waals surface area contributed by atoms with Gasteiger partial charge in [0.25, 0.3) is 0 Å². The van der Waals surface area contributed by atoms with Crippen molar-refractivity contribution in [2.45, 2.75) is 25.8 Å². The van der Waals surface area contributed by atoms with Crippen molar-refractivity contribution >= 4 is 11.9 Å². The number of likely N-dealkylation sites (tertiary alicyclic amines) is 1. The SMILES string of the molecule is O=C(O)C(=O)O.c1ccc(-c2cnn(CCN3CCCCC3)n2)cc1. The molecule has 2 heterocycles. The summed E-state index contributed by atoms with van der Waals surface area (Å²) in [5, 5.41) is 23.7. The number of carbonyl (C=O) groups is 2. The van der Waals surface area contributed by atoms with Gasteiger partial charge in [-0.15, -0.1) is 0 Å². The molecule has 1 aromatic carbocycles. The number of aromatic nitrogens is 3. The zero-order valence-corrected chi connectivity index (χ0v) is 13.9. The van der Waals surface area contributed by atoms with Crippen LogP contribution in [0, 0.1) is 0 Å². The molecule has 8 nitrogen and oxygen atoms in total. The minimum absolute atomic E-state index is 0.882. The van der Waals surface area contributed by atoms with Crippen LogP contribution in [0.1, 0.15) is 19.3 Å². The number of rotatable bonds is 4. The van der Waals surface area contributed by atoms with E-state index in [-0.39, 0.29) is 0 Å². The van der Waals surface area contributed by atoms with Crippen molar-refractivity contribution in [3.05, 3.63) is 36.5 Å². The minimum Gasteiger partial charge on any atom is -0.473 e. The van der Waals surface area contributed by atoms with Crippen molar-refractivity contribution < 1.29 is 19.8 Å². The second-order valence-electron chi connectivity index (χ2n) is 5.70. The van der Waals surface area contributed by atoms with Crippen LogP contribution in [0.5, 0.6) is 0 Å². The number of piperidine rings is 1. The number of benzene rings is 1. The van der Waals surface area contributed by atoms with Gasteiger partial charge in [0, 0.05) is 12.1 Å². The standard InChI is InChI=1S/C15H20N4.C2H2O4/c1-3-7-14(8-4-1)15-13-16-19(17-15)12-11-18-9-5-2-6-10-18;3-1(4)2(5)6/h1,3-4,7-8,13H,2,5-6,9-12H2;(H,3,4)(H,5,6). The monoisotopic (exact) mass is 346 g/mol. The van der Waals surface area contributed by atoms with Crippen LogP contribution in [0.25, 0.3) is 11.3 Å². The summed E-state index contributed by atoms with van der Waals surface area (Å²) >= 11 is 0. The van der Waals surface area contributed by atoms with E-state index in [1.54, 1.807) is 0 Å². The predicted molar refractivity (Wildman–Crippen MR) is 91.0 cm³/mol. The highest BCUT2D eigenvalue weighted by atomic mass is 16.4. The van der Waals surface area contributed by atoms with Gasteiger partial charge in [0.15, 0.2) is 0 Å². The van der Waals surface area contributed by atoms with Crippen molar-refractivity contribution in [3.63, 3.8) is 0 Å². The third-order valence-electron chi connectivity index (χ3n) is 3.85. The lowest BCUT2D eigenvalue weighted by Crippen LogP contribution is -2.32. The van der Waals surface area contributed by atoms with E-state index in [0.29, 0.717) is 0 Å². The molecule has 0 amide bonds. The molecule has 0 atom stereocenters. The molecule has 8 heteroatoms. The van der Waals surface area contributed by atoms with Gasteiger partial charge in [-0.3, -0.25) is 0 Å². The smallest absolute Gasteiger partial charge is 0.414 e. The van der Waals surface area contributed by atoms with Gasteiger partial charge in [0.2, 0.25) is 0 Å². The number of nitrogens with zero attached hydrogens (tertiary/aromatic N) is 4. The Kier molecular flexibility index (Phi) is 7.09. The summed E-state index contributed by atoms with van der Waals surface area (Å²) in [7, 11) is 0. The van der Waals surface area contributed by atoms with E-state index in [1.165, 1.54) is 32.4 Å². The van der Waals surface area contributed by atoms with Gasteiger partial charge in [-0.25, -0.2) is 9.59 Å². The van der Waals surface area contributed by atoms with Gasteiger partial charge in [0.1, 0.15) is 5.69 Å². The van der Waals surface area contributed by atoms with Gasteiger partial charge in [-0.2, -0.15) is 15.0 Å². The highest BCUT2D eigenvalue weighted by Crippen LogP contribution is 2.14. The van der Waals surface area contributed by atoms with Crippen molar-refractivity contribution in [2.75, 3.05) is 19.6 Å². The lowest BCUT2D eigenvalue weighted by molar-refractivity contribution is -0.159. The average Bonchev–Trinajstić information content (AvgIpc) is 3.11. The van der Waals surface area contributed by atoms with Crippen LogP contribution in [0.3, 0.4) is 0 Å². The van der Waals surface area contributed by atoms with E-state index in [1.807, 2.05) is 29.2 Å². The van der Waals surface area contributed by atoms with Gasteiger partial charge in [0.05, 0.1) is 12.7 Å². The second-order valence-corrected chi connectivity index (χ2v) is 5.70. The molecule has 25 heavy (non-hydrogen) atoms. The van der Waals surface area contributed by atoms with Gasteiger partial charge in [-0.1, -0.05) is 36.8 Å². The third kappa shape index (κ3) is 6.34. The first-order valence-corrected chi connectivity index (χ1v) is 8.20. The summed E-state index contributed by atoms with van der Waals surface area (Å²) in [6.45, 7) is 4.40. The first-order valence-electron chi connectivity index (χ1n) is 8.20. The quantitative estimate of drug-likeness (QED) is 0.809. The fourth-order valence-corrected chi connectivity index (χ4v) is 2.56. The normalized spacial score (nSPS) is 14.4. The average molecular weight is 346 g/mol. The Bertz CT molecular complexity index is 669. The van der Waals surface area contributed by atoms with Crippen LogP contribution in [-0.2, 0) is 16.1 Å². The molecular weight excluding hydrogens is 324 g/mol. The molecular formula is C17H22N4O4. The number of aliphatic carboxylic acids is 2. The summed E-state index contributed by atoms with van der Waals surface area (Å²) in [5.74, 6) is -3.65. The molecule has 0 spiro atoms. The van der Waals surface area contributed by atoms with Crippen LogP contribution in [-0.4, -0.2) is 61.7 Å². The van der Waals surface area contributed by atoms with E-state index < -0.39 is 11.9 Å². The predicted octanol–water partition coefficient (Wildman–Crippen LogP) is 1.59. The molecule has 1 aliphatic rings. The summed E-state index contributed by atoms with van der Waals surface area (Å²) in [5.41, 5.74) is 2.09. The van der Waals surface area contributed by atoms with Crippen molar-refractivity contribution in [1.82, 2.24) is 19.9 Å². The summed E-state index contributed by atoms with van der Waals surface area (Å²) in [6.07, 6.45) is 5.91. The van der Waals surface area contributed by atoms with E-state index in [0.717, 1.165) is 24.3 Å². The fraction of sp³-hybridized carbons (Fsp3) is 0.412. The van der Waals surface area contributed by atoms with Crippen LogP contribution >= 0.6 is 0 Å². The molecule has 3 rings (SSSR count). The van der Waals surface area contributed by atoms with E-state index in [9.17, 15) is 0 Å². The summed E-state index contributed by atoms with van der Waals surface area (Å²) in [4.78, 5) is 22.5. The summed E-state index contributed by atoms with van der Waals surface area (Å²) < 4.78 is 0. The van der Waals surface area contributed by atoms with E-state index in [4.69, 9.17) is 19.8 Å². The number of carboxylic acids is 2. The molecule has 1 aromatic heterocycles. The zero-order valence-electron chi connectivity index (χ0n) is 13.9. The Hall–Kier alpha value is -2.74. The number of hydrogen-bond donors (Lipinski definition) is 2. The minimum atomic E-state index is -1.82. The first kappa shape index (κ1) is 18.6. The maximum atomic E-state index is 9.10. The Morgan fingerprint density at radius 3 is 2.20 bits per heavy atom. The molecule has 0 radical (unpaired) electrons.